The average Bonchev–Trinajstić information content (AvgIpc) is 2.69. The van der Waals surface area contributed by atoms with Crippen LogP contribution in [0, 0.1) is 0 Å². The Morgan fingerprint density at radius 2 is 2.47 bits per heavy atom. The van der Waals surface area contributed by atoms with Crippen LogP contribution in [-0.4, -0.2) is 34.6 Å². The van der Waals surface area contributed by atoms with Crippen molar-refractivity contribution in [3.63, 3.8) is 0 Å². The van der Waals surface area contributed by atoms with Crippen molar-refractivity contribution in [3.8, 4) is 0 Å². The fourth-order valence-electron chi connectivity index (χ4n) is 2.12. The lowest BCUT2D eigenvalue weighted by Crippen LogP contribution is -2.37. The van der Waals surface area contributed by atoms with E-state index in [1.165, 1.54) is 25.8 Å². The van der Waals surface area contributed by atoms with Gasteiger partial charge in [-0.2, -0.15) is 0 Å². The van der Waals surface area contributed by atoms with Gasteiger partial charge in [0.1, 0.15) is 0 Å². The third-order valence-corrected chi connectivity index (χ3v) is 4.09. The molecule has 0 saturated carbocycles. The molecule has 1 fully saturated rings. The molecule has 1 aromatic heterocycles. The van der Waals surface area contributed by atoms with E-state index in [0.29, 0.717) is 6.04 Å². The van der Waals surface area contributed by atoms with Gasteiger partial charge >= 0.3 is 0 Å². The minimum Gasteiger partial charge on any atom is -0.391 e. The molecule has 0 aromatic carbocycles. The van der Waals surface area contributed by atoms with Crippen LogP contribution in [0.4, 0.5) is 0 Å². The SMILES string of the molecule is CN1CCCCC1Cc1ncc(CO)s1. The number of aliphatic hydroxyl groups is 1. The van der Waals surface area contributed by atoms with Gasteiger partial charge in [0.2, 0.25) is 0 Å². The predicted octanol–water partition coefficient (Wildman–Crippen LogP) is 1.66. The van der Waals surface area contributed by atoms with E-state index in [2.05, 4.69) is 16.9 Å². The van der Waals surface area contributed by atoms with Crippen LogP contribution >= 0.6 is 11.3 Å². The van der Waals surface area contributed by atoms with Crippen LogP contribution < -0.4 is 0 Å². The number of thiazole rings is 1. The summed E-state index contributed by atoms with van der Waals surface area (Å²) >= 11 is 1.64. The Labute approximate surface area is 94.8 Å². The lowest BCUT2D eigenvalue weighted by molar-refractivity contribution is 0.184. The molecular formula is C11H18N2OS. The maximum atomic E-state index is 8.97. The molecule has 15 heavy (non-hydrogen) atoms. The van der Waals surface area contributed by atoms with Crippen molar-refractivity contribution in [2.75, 3.05) is 13.6 Å². The molecule has 3 nitrogen and oxygen atoms in total. The Morgan fingerprint density at radius 3 is 3.13 bits per heavy atom. The van der Waals surface area contributed by atoms with Gasteiger partial charge in [0, 0.05) is 18.7 Å². The van der Waals surface area contributed by atoms with Crippen LogP contribution in [0.2, 0.25) is 0 Å². The first-order valence-corrected chi connectivity index (χ1v) is 6.36. The molecule has 0 radical (unpaired) electrons. The maximum absolute atomic E-state index is 8.97. The second-order valence-corrected chi connectivity index (χ2v) is 5.41. The van der Waals surface area contributed by atoms with Gasteiger partial charge in [-0.15, -0.1) is 11.3 Å². The van der Waals surface area contributed by atoms with E-state index in [0.717, 1.165) is 16.3 Å². The zero-order chi connectivity index (χ0) is 10.7. The van der Waals surface area contributed by atoms with Gasteiger partial charge in [-0.3, -0.25) is 0 Å². The van der Waals surface area contributed by atoms with Crippen LogP contribution in [0.25, 0.3) is 0 Å². The van der Waals surface area contributed by atoms with Crippen molar-refractivity contribution in [1.82, 2.24) is 9.88 Å². The van der Waals surface area contributed by atoms with Gasteiger partial charge in [-0.05, 0) is 26.4 Å². The second kappa shape index (κ2) is 5.05. The van der Waals surface area contributed by atoms with E-state index in [1.807, 2.05) is 0 Å². The third-order valence-electron chi connectivity index (χ3n) is 3.09. The second-order valence-electron chi connectivity index (χ2n) is 4.21. The summed E-state index contributed by atoms with van der Waals surface area (Å²) in [5, 5.41) is 10.1. The molecule has 2 heterocycles. The van der Waals surface area contributed by atoms with Crippen LogP contribution in [-0.2, 0) is 13.0 Å². The van der Waals surface area contributed by atoms with E-state index in [4.69, 9.17) is 5.11 Å². The van der Waals surface area contributed by atoms with E-state index in [9.17, 15) is 0 Å². The zero-order valence-electron chi connectivity index (χ0n) is 9.15. The van der Waals surface area contributed by atoms with Crippen LogP contribution in [0.15, 0.2) is 6.20 Å². The van der Waals surface area contributed by atoms with Crippen molar-refractivity contribution in [2.45, 2.75) is 38.3 Å². The Hall–Kier alpha value is -0.450. The molecule has 0 amide bonds. The minimum absolute atomic E-state index is 0.123. The number of aliphatic hydroxyl groups excluding tert-OH is 1. The number of aromatic nitrogens is 1. The van der Waals surface area contributed by atoms with E-state index in [-0.39, 0.29) is 6.61 Å². The van der Waals surface area contributed by atoms with Gasteiger partial charge in [0.25, 0.3) is 0 Å². The van der Waals surface area contributed by atoms with Gasteiger partial charge in [0.05, 0.1) is 16.5 Å². The van der Waals surface area contributed by atoms with Crippen LogP contribution in [0.1, 0.15) is 29.1 Å². The van der Waals surface area contributed by atoms with Gasteiger partial charge in [-0.25, -0.2) is 4.98 Å². The number of likely N-dealkylation sites (tertiary alicyclic amines) is 1. The first kappa shape index (κ1) is 11.0. The smallest absolute Gasteiger partial charge is 0.0944 e. The Bertz CT molecular complexity index is 313. The number of piperidine rings is 1. The third kappa shape index (κ3) is 2.77. The van der Waals surface area contributed by atoms with Gasteiger partial charge in [0.15, 0.2) is 0 Å². The number of nitrogens with zero attached hydrogens (tertiary/aromatic N) is 2. The standard InChI is InChI=1S/C11H18N2OS/c1-13-5-3-2-4-9(13)6-11-12-7-10(8-14)15-11/h7,9,14H,2-6,8H2,1H3. The zero-order valence-corrected chi connectivity index (χ0v) is 9.96. The lowest BCUT2D eigenvalue weighted by Gasteiger charge is -2.31. The predicted molar refractivity (Wildman–Crippen MR) is 62.0 cm³/mol. The number of hydrogen-bond acceptors (Lipinski definition) is 4. The highest BCUT2D eigenvalue weighted by Crippen LogP contribution is 2.21. The number of hydrogen-bond donors (Lipinski definition) is 1. The van der Waals surface area contributed by atoms with E-state index < -0.39 is 0 Å². The van der Waals surface area contributed by atoms with Crippen LogP contribution in [0.3, 0.4) is 0 Å². The summed E-state index contributed by atoms with van der Waals surface area (Å²) in [6.07, 6.45) is 6.79. The molecule has 84 valence electrons. The summed E-state index contributed by atoms with van der Waals surface area (Å²) in [5.41, 5.74) is 0. The molecule has 1 unspecified atom stereocenters. The molecule has 0 aliphatic carbocycles. The molecule has 1 N–H and O–H groups in total. The van der Waals surface area contributed by atoms with Crippen molar-refractivity contribution >= 4 is 11.3 Å². The summed E-state index contributed by atoms with van der Waals surface area (Å²) in [7, 11) is 2.20. The van der Waals surface area contributed by atoms with Crippen LogP contribution in [0.5, 0.6) is 0 Å². The summed E-state index contributed by atoms with van der Waals surface area (Å²) in [4.78, 5) is 7.76. The molecule has 1 saturated heterocycles. The summed E-state index contributed by atoms with van der Waals surface area (Å²) in [6.45, 7) is 1.33. The lowest BCUT2D eigenvalue weighted by atomic mass is 10.0. The monoisotopic (exact) mass is 226 g/mol. The van der Waals surface area contributed by atoms with Gasteiger partial charge in [-0.1, -0.05) is 6.42 Å². The fourth-order valence-corrected chi connectivity index (χ4v) is 2.97. The fraction of sp³-hybridized carbons (Fsp3) is 0.727. The Balaban J connectivity index is 1.95. The van der Waals surface area contributed by atoms with Gasteiger partial charge < -0.3 is 10.0 Å². The first-order chi connectivity index (χ1) is 7.29. The average molecular weight is 226 g/mol. The highest BCUT2D eigenvalue weighted by atomic mass is 32.1. The molecule has 1 aliphatic heterocycles. The normalized spacial score (nSPS) is 23.2. The number of likely N-dealkylation sites (N-methyl/N-ethyl adjacent to an activating group) is 1. The Kier molecular flexibility index (Phi) is 3.72. The molecule has 0 bridgehead atoms. The highest BCUT2D eigenvalue weighted by Gasteiger charge is 2.20. The van der Waals surface area contributed by atoms with Crippen molar-refractivity contribution in [3.05, 3.63) is 16.1 Å². The highest BCUT2D eigenvalue weighted by molar-refractivity contribution is 7.11. The Morgan fingerprint density at radius 1 is 1.60 bits per heavy atom. The van der Waals surface area contributed by atoms with Crippen molar-refractivity contribution in [1.29, 1.82) is 0 Å². The summed E-state index contributed by atoms with van der Waals surface area (Å²) in [5.74, 6) is 0. The molecule has 1 aliphatic rings. The maximum Gasteiger partial charge on any atom is 0.0944 e. The largest absolute Gasteiger partial charge is 0.391 e. The topological polar surface area (TPSA) is 36.4 Å². The first-order valence-electron chi connectivity index (χ1n) is 5.54. The van der Waals surface area contributed by atoms with E-state index >= 15 is 0 Å². The molecule has 2 rings (SSSR count). The molecule has 4 heteroatoms. The summed E-state index contributed by atoms with van der Waals surface area (Å²) < 4.78 is 0. The van der Waals surface area contributed by atoms with E-state index in [1.54, 1.807) is 17.5 Å². The van der Waals surface area contributed by atoms with Crippen molar-refractivity contribution < 1.29 is 5.11 Å². The molecule has 0 spiro atoms. The quantitative estimate of drug-likeness (QED) is 0.851. The molecule has 1 atom stereocenters. The summed E-state index contributed by atoms with van der Waals surface area (Å²) in [6, 6.07) is 0.649. The molecule has 1 aromatic rings. The molecular weight excluding hydrogens is 208 g/mol. The number of rotatable bonds is 3. The minimum atomic E-state index is 0.123. The van der Waals surface area contributed by atoms with Crippen molar-refractivity contribution in [2.24, 2.45) is 0 Å².